The van der Waals surface area contributed by atoms with E-state index < -0.39 is 0 Å². The van der Waals surface area contributed by atoms with Gasteiger partial charge in [-0.2, -0.15) is 11.3 Å². The lowest BCUT2D eigenvalue weighted by atomic mass is 9.84. The topological polar surface area (TPSA) is 38.0 Å². The molecule has 1 saturated carbocycles. The second kappa shape index (κ2) is 6.53. The summed E-state index contributed by atoms with van der Waals surface area (Å²) < 4.78 is 0. The summed E-state index contributed by atoms with van der Waals surface area (Å²) in [5.41, 5.74) is 7.32. The van der Waals surface area contributed by atoms with Crippen molar-refractivity contribution in [2.45, 2.75) is 51.1 Å². The fourth-order valence-electron chi connectivity index (χ4n) is 2.90. The summed E-state index contributed by atoms with van der Waals surface area (Å²) in [7, 11) is 0. The third-order valence-corrected chi connectivity index (χ3v) is 4.56. The van der Waals surface area contributed by atoms with Crippen molar-refractivity contribution >= 4 is 11.3 Å². The van der Waals surface area contributed by atoms with Crippen LogP contribution < -0.4 is 11.1 Å². The predicted octanol–water partition coefficient (Wildman–Crippen LogP) is 2.79. The second-order valence-electron chi connectivity index (χ2n) is 5.29. The molecule has 1 fully saturated rings. The van der Waals surface area contributed by atoms with Gasteiger partial charge in [0.15, 0.2) is 0 Å². The van der Waals surface area contributed by atoms with Crippen LogP contribution in [0.3, 0.4) is 0 Å². The maximum absolute atomic E-state index is 5.87. The molecule has 0 aromatic carbocycles. The lowest BCUT2D eigenvalue weighted by molar-refractivity contribution is 0.251. The van der Waals surface area contributed by atoms with Crippen LogP contribution in [-0.4, -0.2) is 18.6 Å². The smallest absolute Gasteiger partial charge is 0.0110 e. The average Bonchev–Trinajstić information content (AvgIpc) is 2.82. The zero-order valence-corrected chi connectivity index (χ0v) is 11.5. The van der Waals surface area contributed by atoms with Crippen molar-refractivity contribution < 1.29 is 0 Å². The Kier molecular flexibility index (Phi) is 5.01. The number of nitrogens with one attached hydrogen (secondary N) is 1. The van der Waals surface area contributed by atoms with Crippen LogP contribution in [0.5, 0.6) is 0 Å². The standard InChI is InChI=1S/C14H24N2S/c1-11(8-12-6-7-17-10-12)16-14-5-3-2-4-13(14)9-15/h6-7,10-11,13-14,16H,2-5,8-9,15H2,1H3. The summed E-state index contributed by atoms with van der Waals surface area (Å²) in [5, 5.41) is 8.19. The third-order valence-electron chi connectivity index (χ3n) is 3.83. The fourth-order valence-corrected chi connectivity index (χ4v) is 3.58. The number of thiophene rings is 1. The zero-order chi connectivity index (χ0) is 12.1. The highest BCUT2D eigenvalue weighted by Gasteiger charge is 2.24. The van der Waals surface area contributed by atoms with Crippen LogP contribution in [0.1, 0.15) is 38.2 Å². The van der Waals surface area contributed by atoms with Crippen LogP contribution in [0.2, 0.25) is 0 Å². The van der Waals surface area contributed by atoms with Gasteiger partial charge in [-0.3, -0.25) is 0 Å². The van der Waals surface area contributed by atoms with Gasteiger partial charge < -0.3 is 11.1 Å². The quantitative estimate of drug-likeness (QED) is 0.845. The fraction of sp³-hybridized carbons (Fsp3) is 0.714. The van der Waals surface area contributed by atoms with Crippen molar-refractivity contribution in [2.24, 2.45) is 11.7 Å². The molecular formula is C14H24N2S. The minimum Gasteiger partial charge on any atom is -0.330 e. The van der Waals surface area contributed by atoms with E-state index in [4.69, 9.17) is 5.73 Å². The molecule has 1 heterocycles. The molecule has 2 rings (SSSR count). The first-order valence-electron chi connectivity index (χ1n) is 6.76. The SMILES string of the molecule is CC(Cc1ccsc1)NC1CCCCC1CN. The molecule has 3 N–H and O–H groups in total. The normalized spacial score (nSPS) is 26.9. The van der Waals surface area contributed by atoms with Gasteiger partial charge >= 0.3 is 0 Å². The van der Waals surface area contributed by atoms with E-state index >= 15 is 0 Å². The average molecular weight is 252 g/mol. The van der Waals surface area contributed by atoms with Crippen molar-refractivity contribution in [1.82, 2.24) is 5.32 Å². The van der Waals surface area contributed by atoms with Crippen molar-refractivity contribution in [2.75, 3.05) is 6.54 Å². The first-order chi connectivity index (χ1) is 8.29. The highest BCUT2D eigenvalue weighted by Crippen LogP contribution is 2.24. The van der Waals surface area contributed by atoms with Gasteiger partial charge in [-0.15, -0.1) is 0 Å². The molecule has 0 bridgehead atoms. The number of nitrogens with two attached hydrogens (primary N) is 1. The Bertz CT molecular complexity index is 310. The maximum atomic E-state index is 5.87. The highest BCUT2D eigenvalue weighted by molar-refractivity contribution is 7.07. The van der Waals surface area contributed by atoms with Crippen LogP contribution in [0.15, 0.2) is 16.8 Å². The molecule has 2 nitrogen and oxygen atoms in total. The summed E-state index contributed by atoms with van der Waals surface area (Å²) in [6.07, 6.45) is 6.46. The molecule has 0 amide bonds. The molecule has 3 heteroatoms. The van der Waals surface area contributed by atoms with Crippen LogP contribution in [0.25, 0.3) is 0 Å². The van der Waals surface area contributed by atoms with E-state index in [-0.39, 0.29) is 0 Å². The largest absolute Gasteiger partial charge is 0.330 e. The van der Waals surface area contributed by atoms with E-state index in [1.165, 1.54) is 31.2 Å². The van der Waals surface area contributed by atoms with Gasteiger partial charge in [-0.1, -0.05) is 12.8 Å². The predicted molar refractivity (Wildman–Crippen MR) is 75.4 cm³/mol. The molecule has 96 valence electrons. The maximum Gasteiger partial charge on any atom is 0.0110 e. The summed E-state index contributed by atoms with van der Waals surface area (Å²) in [4.78, 5) is 0. The molecule has 17 heavy (non-hydrogen) atoms. The van der Waals surface area contributed by atoms with Gasteiger partial charge in [0.05, 0.1) is 0 Å². The molecule has 0 aliphatic heterocycles. The third kappa shape index (κ3) is 3.80. The van der Waals surface area contributed by atoms with E-state index in [0.717, 1.165) is 13.0 Å². The van der Waals surface area contributed by atoms with Crippen LogP contribution in [0, 0.1) is 5.92 Å². The summed E-state index contributed by atoms with van der Waals surface area (Å²) in [6, 6.07) is 3.42. The zero-order valence-electron chi connectivity index (χ0n) is 10.7. The molecule has 0 saturated heterocycles. The Labute approximate surface area is 109 Å². The monoisotopic (exact) mass is 252 g/mol. The number of rotatable bonds is 5. The Morgan fingerprint density at radius 2 is 2.29 bits per heavy atom. The minimum absolute atomic E-state index is 0.557. The number of hydrogen-bond acceptors (Lipinski definition) is 3. The highest BCUT2D eigenvalue weighted by atomic mass is 32.1. The summed E-state index contributed by atoms with van der Waals surface area (Å²) in [5.74, 6) is 0.689. The summed E-state index contributed by atoms with van der Waals surface area (Å²) >= 11 is 1.78. The molecule has 3 unspecified atom stereocenters. The van der Waals surface area contributed by atoms with E-state index in [0.29, 0.717) is 18.0 Å². The van der Waals surface area contributed by atoms with E-state index in [1.54, 1.807) is 11.3 Å². The van der Waals surface area contributed by atoms with Gasteiger partial charge in [0.25, 0.3) is 0 Å². The molecule has 1 aromatic rings. The van der Waals surface area contributed by atoms with Gasteiger partial charge in [0.1, 0.15) is 0 Å². The Balaban J connectivity index is 1.82. The van der Waals surface area contributed by atoms with E-state index in [2.05, 4.69) is 29.1 Å². The van der Waals surface area contributed by atoms with E-state index in [1.807, 2.05) is 0 Å². The lowest BCUT2D eigenvalue weighted by Gasteiger charge is -2.33. The van der Waals surface area contributed by atoms with Crippen LogP contribution in [0.4, 0.5) is 0 Å². The Hall–Kier alpha value is -0.380. The van der Waals surface area contributed by atoms with Crippen molar-refractivity contribution in [1.29, 1.82) is 0 Å². The van der Waals surface area contributed by atoms with Gasteiger partial charge in [-0.05, 0) is 61.0 Å². The Morgan fingerprint density at radius 1 is 1.47 bits per heavy atom. The van der Waals surface area contributed by atoms with Crippen molar-refractivity contribution in [3.05, 3.63) is 22.4 Å². The lowest BCUT2D eigenvalue weighted by Crippen LogP contribution is -2.46. The molecule has 1 aromatic heterocycles. The van der Waals surface area contributed by atoms with Gasteiger partial charge in [0.2, 0.25) is 0 Å². The second-order valence-corrected chi connectivity index (χ2v) is 6.07. The van der Waals surface area contributed by atoms with Gasteiger partial charge in [-0.25, -0.2) is 0 Å². The molecule has 3 atom stereocenters. The molecule has 0 spiro atoms. The number of hydrogen-bond donors (Lipinski definition) is 2. The summed E-state index contributed by atoms with van der Waals surface area (Å²) in [6.45, 7) is 3.13. The molecule has 1 aliphatic rings. The van der Waals surface area contributed by atoms with Crippen LogP contribution in [-0.2, 0) is 6.42 Å². The van der Waals surface area contributed by atoms with Crippen molar-refractivity contribution in [3.8, 4) is 0 Å². The first-order valence-corrected chi connectivity index (χ1v) is 7.71. The molecule has 1 aliphatic carbocycles. The van der Waals surface area contributed by atoms with E-state index in [9.17, 15) is 0 Å². The minimum atomic E-state index is 0.557. The van der Waals surface area contributed by atoms with Crippen molar-refractivity contribution in [3.63, 3.8) is 0 Å². The Morgan fingerprint density at radius 3 is 3.00 bits per heavy atom. The first kappa shape index (κ1) is 13.1. The van der Waals surface area contributed by atoms with Gasteiger partial charge in [0, 0.05) is 12.1 Å². The molecule has 0 radical (unpaired) electrons. The molecular weight excluding hydrogens is 228 g/mol. The van der Waals surface area contributed by atoms with Crippen LogP contribution >= 0.6 is 11.3 Å².